The molecule has 5 heterocycles. The zero-order valence-electron chi connectivity index (χ0n) is 24.9. The lowest BCUT2D eigenvalue weighted by molar-refractivity contribution is 0.146. The van der Waals surface area contributed by atoms with Crippen LogP contribution >= 0.6 is 11.3 Å². The van der Waals surface area contributed by atoms with Crippen molar-refractivity contribution in [3.8, 4) is 39.5 Å². The first-order valence-corrected chi connectivity index (χ1v) is 15.5. The summed E-state index contributed by atoms with van der Waals surface area (Å²) in [6, 6.07) is 12.6. The number of hydrogen-bond acceptors (Lipinski definition) is 7. The second-order valence-corrected chi connectivity index (χ2v) is 12.2. The van der Waals surface area contributed by atoms with Crippen LogP contribution in [0.1, 0.15) is 38.5 Å². The molecule has 1 atom stereocenters. The van der Waals surface area contributed by atoms with E-state index in [2.05, 4.69) is 41.7 Å². The van der Waals surface area contributed by atoms with Gasteiger partial charge in [0.1, 0.15) is 35.4 Å². The standard InChI is InChI=1S/C33H32F2N6O2S/c1-18(2)40-17-37-24-13-20(5-6-26(24)40)31-22-7-12-44-33(22)30(29-23(35)14-21(34)15-28(29)43-11-10-42-4)32(38-31)25-16-27-19(3)36-8-9-41(27)39-25/h5-7,12-19,36H,8-11H2,1-4H3/t19-/m1/s1. The first-order valence-electron chi connectivity index (χ1n) is 14.6. The molecule has 1 aliphatic rings. The van der Waals surface area contributed by atoms with E-state index in [-0.39, 0.29) is 36.6 Å². The zero-order chi connectivity index (χ0) is 30.5. The summed E-state index contributed by atoms with van der Waals surface area (Å²) in [5.41, 5.74) is 6.32. The van der Waals surface area contributed by atoms with Gasteiger partial charge in [0.25, 0.3) is 0 Å². The molecule has 44 heavy (non-hydrogen) atoms. The molecule has 11 heteroatoms. The Hall–Kier alpha value is -4.19. The molecule has 0 unspecified atom stereocenters. The first kappa shape index (κ1) is 28.6. The SMILES string of the molecule is COCCOc1cc(F)cc(F)c1-c1c(-c2cc3n(n2)CCN[C@@H]3C)nc(-c2ccc3c(c2)ncn3C(C)C)c2ccsc12. The van der Waals surface area contributed by atoms with Crippen LogP contribution in [0.2, 0.25) is 0 Å². The minimum Gasteiger partial charge on any atom is -0.490 e. The molecule has 0 aliphatic carbocycles. The Kier molecular flexibility index (Phi) is 7.39. The molecular formula is C33H32F2N6O2S. The van der Waals surface area contributed by atoms with Crippen molar-refractivity contribution in [1.29, 1.82) is 0 Å². The number of aromatic nitrogens is 5. The maximum atomic E-state index is 16.0. The van der Waals surface area contributed by atoms with Crippen molar-refractivity contribution in [1.82, 2.24) is 29.6 Å². The summed E-state index contributed by atoms with van der Waals surface area (Å²) in [4.78, 5) is 9.91. The van der Waals surface area contributed by atoms with Gasteiger partial charge in [0.15, 0.2) is 0 Å². The molecule has 2 aromatic carbocycles. The predicted octanol–water partition coefficient (Wildman–Crippen LogP) is 7.39. The van der Waals surface area contributed by atoms with Gasteiger partial charge in [-0.05, 0) is 50.4 Å². The maximum absolute atomic E-state index is 16.0. The van der Waals surface area contributed by atoms with Gasteiger partial charge in [-0.25, -0.2) is 18.7 Å². The number of pyridine rings is 1. The number of nitrogens with one attached hydrogen (secondary N) is 1. The van der Waals surface area contributed by atoms with Crippen molar-refractivity contribution in [2.24, 2.45) is 0 Å². The molecule has 0 radical (unpaired) electrons. The third kappa shape index (κ3) is 4.85. The number of hydrogen-bond donors (Lipinski definition) is 1. The van der Waals surface area contributed by atoms with Crippen LogP contribution < -0.4 is 10.1 Å². The van der Waals surface area contributed by atoms with Crippen molar-refractivity contribution in [2.75, 3.05) is 26.9 Å². The molecule has 7 rings (SSSR count). The second kappa shape index (κ2) is 11.4. The largest absolute Gasteiger partial charge is 0.490 e. The number of benzene rings is 2. The Morgan fingerprint density at radius 3 is 2.73 bits per heavy atom. The lowest BCUT2D eigenvalue weighted by Gasteiger charge is -2.21. The Morgan fingerprint density at radius 1 is 1.07 bits per heavy atom. The van der Waals surface area contributed by atoms with E-state index < -0.39 is 11.6 Å². The van der Waals surface area contributed by atoms with Gasteiger partial charge >= 0.3 is 0 Å². The maximum Gasteiger partial charge on any atom is 0.137 e. The van der Waals surface area contributed by atoms with E-state index in [1.165, 1.54) is 17.4 Å². The molecule has 8 nitrogen and oxygen atoms in total. The summed E-state index contributed by atoms with van der Waals surface area (Å²) in [5, 5.41) is 11.2. The first-order chi connectivity index (χ1) is 21.3. The van der Waals surface area contributed by atoms with Gasteiger partial charge < -0.3 is 19.4 Å². The van der Waals surface area contributed by atoms with Crippen LogP contribution in [0.15, 0.2) is 54.2 Å². The number of thiophene rings is 1. The van der Waals surface area contributed by atoms with Crippen LogP contribution in [0.3, 0.4) is 0 Å². The molecule has 0 fully saturated rings. The van der Waals surface area contributed by atoms with Gasteiger partial charge in [0.2, 0.25) is 0 Å². The Morgan fingerprint density at radius 2 is 1.93 bits per heavy atom. The zero-order valence-corrected chi connectivity index (χ0v) is 25.7. The van der Waals surface area contributed by atoms with Crippen LogP contribution in [-0.2, 0) is 11.3 Å². The number of methoxy groups -OCH3 is 1. The molecule has 1 N–H and O–H groups in total. The van der Waals surface area contributed by atoms with Gasteiger partial charge in [-0.1, -0.05) is 6.07 Å². The fourth-order valence-electron chi connectivity index (χ4n) is 5.96. The average molecular weight is 615 g/mol. The van der Waals surface area contributed by atoms with Crippen molar-refractivity contribution in [2.45, 2.75) is 39.4 Å². The number of imidazole rings is 1. The van der Waals surface area contributed by atoms with Gasteiger partial charge in [-0.3, -0.25) is 4.68 Å². The lowest BCUT2D eigenvalue weighted by Crippen LogP contribution is -2.31. The third-order valence-corrected chi connectivity index (χ3v) is 9.03. The summed E-state index contributed by atoms with van der Waals surface area (Å²) in [6.07, 6.45) is 1.86. The van der Waals surface area contributed by atoms with E-state index >= 15 is 4.39 Å². The summed E-state index contributed by atoms with van der Waals surface area (Å²) in [6.45, 7) is 8.23. The average Bonchev–Trinajstić information content (AvgIpc) is 3.75. The number of ether oxygens (including phenoxy) is 2. The molecule has 1 aliphatic heterocycles. The lowest BCUT2D eigenvalue weighted by atomic mass is 9.96. The normalized spacial score (nSPS) is 15.0. The molecule has 0 amide bonds. The summed E-state index contributed by atoms with van der Waals surface area (Å²) in [7, 11) is 1.55. The summed E-state index contributed by atoms with van der Waals surface area (Å²) >= 11 is 1.48. The minimum absolute atomic E-state index is 0.0877. The highest BCUT2D eigenvalue weighted by molar-refractivity contribution is 7.18. The summed E-state index contributed by atoms with van der Waals surface area (Å²) in [5.74, 6) is -1.37. The molecular weight excluding hydrogens is 582 g/mol. The quantitative estimate of drug-likeness (QED) is 0.180. The fourth-order valence-corrected chi connectivity index (χ4v) is 6.91. The van der Waals surface area contributed by atoms with Crippen molar-refractivity contribution < 1.29 is 18.3 Å². The van der Waals surface area contributed by atoms with Crippen LogP contribution in [0.5, 0.6) is 5.75 Å². The highest BCUT2D eigenvalue weighted by atomic mass is 32.1. The molecule has 226 valence electrons. The molecule has 6 aromatic rings. The van der Waals surface area contributed by atoms with Crippen molar-refractivity contribution in [3.63, 3.8) is 0 Å². The Balaban J connectivity index is 1.51. The van der Waals surface area contributed by atoms with Crippen LogP contribution in [-0.4, -0.2) is 51.2 Å². The third-order valence-electron chi connectivity index (χ3n) is 8.10. The van der Waals surface area contributed by atoms with Gasteiger partial charge in [-0.15, -0.1) is 11.3 Å². The van der Waals surface area contributed by atoms with E-state index in [9.17, 15) is 4.39 Å². The Bertz CT molecular complexity index is 2010. The van der Waals surface area contributed by atoms with E-state index in [0.717, 1.165) is 50.7 Å². The molecule has 4 aromatic heterocycles. The van der Waals surface area contributed by atoms with E-state index in [4.69, 9.17) is 19.6 Å². The topological polar surface area (TPSA) is 79.0 Å². The Labute approximate surface area is 257 Å². The van der Waals surface area contributed by atoms with E-state index in [1.807, 2.05) is 40.7 Å². The van der Waals surface area contributed by atoms with Gasteiger partial charge in [0.05, 0.1) is 47.5 Å². The highest BCUT2D eigenvalue weighted by Gasteiger charge is 2.28. The van der Waals surface area contributed by atoms with Gasteiger partial charge in [-0.2, -0.15) is 5.10 Å². The minimum atomic E-state index is -0.734. The molecule has 0 saturated carbocycles. The number of nitrogens with zero attached hydrogens (tertiary/aromatic N) is 5. The fraction of sp³-hybridized carbons (Fsp3) is 0.303. The molecule has 0 saturated heterocycles. The molecule has 0 bridgehead atoms. The van der Waals surface area contributed by atoms with Gasteiger partial charge in [0, 0.05) is 59.1 Å². The smallest absolute Gasteiger partial charge is 0.137 e. The van der Waals surface area contributed by atoms with Crippen molar-refractivity contribution in [3.05, 3.63) is 71.5 Å². The van der Waals surface area contributed by atoms with Crippen LogP contribution in [0.25, 0.3) is 54.9 Å². The number of fused-ring (bicyclic) bond motifs is 3. The summed E-state index contributed by atoms with van der Waals surface area (Å²) < 4.78 is 46.5. The monoisotopic (exact) mass is 614 g/mol. The molecule has 0 spiro atoms. The predicted molar refractivity (Wildman–Crippen MR) is 169 cm³/mol. The van der Waals surface area contributed by atoms with Crippen molar-refractivity contribution >= 4 is 32.5 Å². The van der Waals surface area contributed by atoms with E-state index in [0.29, 0.717) is 23.5 Å². The number of halogens is 2. The number of rotatable bonds is 8. The van der Waals surface area contributed by atoms with E-state index in [1.54, 1.807) is 7.11 Å². The highest BCUT2D eigenvalue weighted by Crippen LogP contribution is 2.47. The van der Waals surface area contributed by atoms with Crippen LogP contribution in [0, 0.1) is 11.6 Å². The van der Waals surface area contributed by atoms with Crippen LogP contribution in [0.4, 0.5) is 8.78 Å². The second-order valence-electron chi connectivity index (χ2n) is 11.3.